The molecule has 1 rings (SSSR count). The number of aryl methyl sites for hydroxylation is 2. The van der Waals surface area contributed by atoms with Crippen molar-refractivity contribution in [1.29, 1.82) is 0 Å². The Bertz CT molecular complexity index is 447. The molecule has 4 nitrogen and oxygen atoms in total. The summed E-state index contributed by atoms with van der Waals surface area (Å²) in [5, 5.41) is 11.8. The number of carbonyl (C=O) groups excluding carboxylic acids is 1. The molecule has 1 unspecified atom stereocenters. The largest absolute Gasteiger partial charge is 0.479 e. The Morgan fingerprint density at radius 2 is 1.65 bits per heavy atom. The van der Waals surface area contributed by atoms with Gasteiger partial charge >= 0.3 is 5.97 Å². The van der Waals surface area contributed by atoms with Crippen molar-refractivity contribution in [3.05, 3.63) is 34.9 Å². The van der Waals surface area contributed by atoms with Crippen molar-refractivity contribution in [3.63, 3.8) is 0 Å². The highest BCUT2D eigenvalue weighted by molar-refractivity contribution is 5.87. The minimum Gasteiger partial charge on any atom is -0.479 e. The van der Waals surface area contributed by atoms with Crippen LogP contribution in [-0.2, 0) is 15.1 Å². The number of hydrogen-bond acceptors (Lipinski definition) is 2. The van der Waals surface area contributed by atoms with Gasteiger partial charge in [-0.15, -0.1) is 0 Å². The van der Waals surface area contributed by atoms with Crippen LogP contribution in [0.5, 0.6) is 0 Å². The molecule has 0 bridgehead atoms. The number of amides is 1. The predicted molar refractivity (Wildman–Crippen MR) is 64.7 cm³/mol. The Morgan fingerprint density at radius 1 is 1.18 bits per heavy atom. The molecule has 0 fully saturated rings. The van der Waals surface area contributed by atoms with Crippen LogP contribution >= 0.6 is 0 Å². The van der Waals surface area contributed by atoms with Gasteiger partial charge in [-0.05, 0) is 26.3 Å². The lowest BCUT2D eigenvalue weighted by atomic mass is 9.89. The van der Waals surface area contributed by atoms with Crippen LogP contribution in [0.15, 0.2) is 18.2 Å². The van der Waals surface area contributed by atoms with Crippen molar-refractivity contribution in [1.82, 2.24) is 5.32 Å². The van der Waals surface area contributed by atoms with Gasteiger partial charge in [0, 0.05) is 6.92 Å². The summed E-state index contributed by atoms with van der Waals surface area (Å²) in [7, 11) is 0. The molecule has 2 N–H and O–H groups in total. The van der Waals surface area contributed by atoms with Crippen LogP contribution in [0.3, 0.4) is 0 Å². The van der Waals surface area contributed by atoms with E-state index in [0.29, 0.717) is 5.56 Å². The highest BCUT2D eigenvalue weighted by Crippen LogP contribution is 2.23. The van der Waals surface area contributed by atoms with Gasteiger partial charge in [-0.2, -0.15) is 0 Å². The summed E-state index contributed by atoms with van der Waals surface area (Å²) in [5.41, 5.74) is 1.14. The van der Waals surface area contributed by atoms with E-state index in [-0.39, 0.29) is 5.91 Å². The standard InChI is InChI=1S/C13H17NO3/c1-8-5-9(2)7-11(6-8)13(4,12(16)17)14-10(3)15/h5-7H,1-4H3,(H,14,15)(H,16,17). The van der Waals surface area contributed by atoms with Gasteiger partial charge < -0.3 is 10.4 Å². The highest BCUT2D eigenvalue weighted by atomic mass is 16.4. The van der Waals surface area contributed by atoms with Gasteiger partial charge in [0.25, 0.3) is 0 Å². The van der Waals surface area contributed by atoms with E-state index < -0.39 is 11.5 Å². The Balaban J connectivity index is 3.31. The first-order valence-corrected chi connectivity index (χ1v) is 5.36. The number of carbonyl (C=O) groups is 2. The molecule has 0 spiro atoms. The minimum absolute atomic E-state index is 0.367. The maximum Gasteiger partial charge on any atom is 0.333 e. The number of hydrogen-bond donors (Lipinski definition) is 2. The molecule has 1 atom stereocenters. The Kier molecular flexibility index (Phi) is 3.56. The van der Waals surface area contributed by atoms with Gasteiger partial charge in [0.1, 0.15) is 0 Å². The summed E-state index contributed by atoms with van der Waals surface area (Å²) in [6.07, 6.45) is 0. The zero-order chi connectivity index (χ0) is 13.2. The molecular formula is C13H17NO3. The third-order valence-corrected chi connectivity index (χ3v) is 2.65. The molecule has 4 heteroatoms. The summed E-state index contributed by atoms with van der Waals surface area (Å²) in [5.74, 6) is -1.44. The summed E-state index contributed by atoms with van der Waals surface area (Å²) >= 11 is 0. The average Bonchev–Trinajstić information content (AvgIpc) is 2.14. The van der Waals surface area contributed by atoms with E-state index in [2.05, 4.69) is 5.32 Å². The van der Waals surface area contributed by atoms with Crippen molar-refractivity contribution in [2.75, 3.05) is 0 Å². The van der Waals surface area contributed by atoms with Gasteiger partial charge in [-0.3, -0.25) is 4.79 Å². The van der Waals surface area contributed by atoms with E-state index in [1.165, 1.54) is 13.8 Å². The number of nitrogens with one attached hydrogen (secondary N) is 1. The molecule has 1 aromatic rings. The normalized spacial score (nSPS) is 13.9. The summed E-state index contributed by atoms with van der Waals surface area (Å²) < 4.78 is 0. The zero-order valence-corrected chi connectivity index (χ0v) is 10.5. The molecule has 0 saturated heterocycles. The molecule has 0 aromatic heterocycles. The molecule has 1 aromatic carbocycles. The van der Waals surface area contributed by atoms with Crippen LogP contribution in [-0.4, -0.2) is 17.0 Å². The quantitative estimate of drug-likeness (QED) is 0.838. The first-order valence-electron chi connectivity index (χ1n) is 5.36. The lowest BCUT2D eigenvalue weighted by molar-refractivity contribution is -0.147. The van der Waals surface area contributed by atoms with Crippen molar-refractivity contribution >= 4 is 11.9 Å². The first kappa shape index (κ1) is 13.2. The molecule has 1 amide bonds. The van der Waals surface area contributed by atoms with Gasteiger partial charge in [-0.1, -0.05) is 29.3 Å². The lowest BCUT2D eigenvalue weighted by Gasteiger charge is -2.26. The second-order valence-electron chi connectivity index (χ2n) is 4.49. The van der Waals surface area contributed by atoms with Gasteiger partial charge in [0.2, 0.25) is 5.91 Å². The highest BCUT2D eigenvalue weighted by Gasteiger charge is 2.36. The van der Waals surface area contributed by atoms with E-state index in [4.69, 9.17) is 0 Å². The zero-order valence-electron chi connectivity index (χ0n) is 10.5. The van der Waals surface area contributed by atoms with Crippen molar-refractivity contribution in [2.24, 2.45) is 0 Å². The average molecular weight is 235 g/mol. The Hall–Kier alpha value is -1.84. The van der Waals surface area contributed by atoms with Gasteiger partial charge in [0.15, 0.2) is 5.54 Å². The maximum absolute atomic E-state index is 11.4. The number of aliphatic carboxylic acids is 1. The third-order valence-electron chi connectivity index (χ3n) is 2.65. The van der Waals surface area contributed by atoms with Gasteiger partial charge in [-0.25, -0.2) is 4.79 Å². The van der Waals surface area contributed by atoms with E-state index >= 15 is 0 Å². The SMILES string of the molecule is CC(=O)NC(C)(C(=O)O)c1cc(C)cc(C)c1. The van der Waals surface area contributed by atoms with Crippen LogP contribution in [0.25, 0.3) is 0 Å². The minimum atomic E-state index is -1.39. The summed E-state index contributed by atoms with van der Waals surface area (Å²) in [6, 6.07) is 5.51. The van der Waals surface area contributed by atoms with Crippen LogP contribution in [0.2, 0.25) is 0 Å². The monoisotopic (exact) mass is 235 g/mol. The van der Waals surface area contributed by atoms with Crippen LogP contribution in [0.4, 0.5) is 0 Å². The maximum atomic E-state index is 11.4. The molecule has 17 heavy (non-hydrogen) atoms. The smallest absolute Gasteiger partial charge is 0.333 e. The number of carboxylic acids is 1. The predicted octanol–water partition coefficient (Wildman–Crippen LogP) is 1.74. The molecule has 0 radical (unpaired) electrons. The van der Waals surface area contributed by atoms with Crippen LogP contribution in [0, 0.1) is 13.8 Å². The number of rotatable bonds is 3. The number of carboxylic acid groups (broad SMARTS) is 1. The van der Waals surface area contributed by atoms with Gasteiger partial charge in [0.05, 0.1) is 0 Å². The summed E-state index contributed by atoms with van der Waals surface area (Å²) in [4.78, 5) is 22.5. The molecular weight excluding hydrogens is 218 g/mol. The second kappa shape index (κ2) is 4.57. The second-order valence-corrected chi connectivity index (χ2v) is 4.49. The van der Waals surface area contributed by atoms with E-state index in [0.717, 1.165) is 11.1 Å². The lowest BCUT2D eigenvalue weighted by Crippen LogP contribution is -2.48. The Morgan fingerprint density at radius 3 is 2.00 bits per heavy atom. The molecule has 92 valence electrons. The Labute approximate surface area is 101 Å². The fraction of sp³-hybridized carbons (Fsp3) is 0.385. The fourth-order valence-corrected chi connectivity index (χ4v) is 1.86. The van der Waals surface area contributed by atoms with Crippen LogP contribution < -0.4 is 5.32 Å². The fourth-order valence-electron chi connectivity index (χ4n) is 1.86. The van der Waals surface area contributed by atoms with E-state index in [1.54, 1.807) is 12.1 Å². The van der Waals surface area contributed by atoms with E-state index in [1.807, 2.05) is 19.9 Å². The molecule has 0 aliphatic rings. The van der Waals surface area contributed by atoms with Crippen LogP contribution in [0.1, 0.15) is 30.5 Å². The third kappa shape index (κ3) is 2.84. The molecule has 0 aliphatic carbocycles. The summed E-state index contributed by atoms with van der Waals surface area (Å²) in [6.45, 7) is 6.59. The van der Waals surface area contributed by atoms with Crippen molar-refractivity contribution in [2.45, 2.75) is 33.2 Å². The first-order chi connectivity index (χ1) is 7.75. The van der Waals surface area contributed by atoms with Crippen molar-refractivity contribution in [3.8, 4) is 0 Å². The van der Waals surface area contributed by atoms with Crippen molar-refractivity contribution < 1.29 is 14.7 Å². The molecule has 0 aliphatic heterocycles. The van der Waals surface area contributed by atoms with E-state index in [9.17, 15) is 14.7 Å². The number of benzene rings is 1. The molecule has 0 heterocycles. The molecule has 0 saturated carbocycles. The topological polar surface area (TPSA) is 66.4 Å².